The average Bonchev–Trinajstić information content (AvgIpc) is 2.87. The SMILES string of the molecule is CC(C)c1ccc(C(=O)c2ccc(C(=O)O)o2)cc1. The van der Waals surface area contributed by atoms with Crippen LogP contribution in [0.1, 0.15) is 52.0 Å². The predicted octanol–water partition coefficient (Wildman–Crippen LogP) is 3.33. The van der Waals surface area contributed by atoms with Gasteiger partial charge in [-0.15, -0.1) is 0 Å². The number of ketones is 1. The molecule has 0 aliphatic heterocycles. The van der Waals surface area contributed by atoms with Gasteiger partial charge in [-0.3, -0.25) is 4.79 Å². The molecule has 2 aromatic rings. The molecule has 0 saturated carbocycles. The monoisotopic (exact) mass is 258 g/mol. The van der Waals surface area contributed by atoms with Gasteiger partial charge in [0.25, 0.3) is 0 Å². The Balaban J connectivity index is 2.25. The number of carbonyl (C=O) groups is 2. The summed E-state index contributed by atoms with van der Waals surface area (Å²) in [5.74, 6) is -1.31. The number of carboxylic acid groups (broad SMARTS) is 1. The van der Waals surface area contributed by atoms with Gasteiger partial charge in [0, 0.05) is 5.56 Å². The van der Waals surface area contributed by atoms with Crippen LogP contribution in [-0.2, 0) is 0 Å². The number of furan rings is 1. The van der Waals surface area contributed by atoms with Crippen molar-refractivity contribution in [3.8, 4) is 0 Å². The van der Waals surface area contributed by atoms with Crippen LogP contribution < -0.4 is 0 Å². The molecule has 0 aliphatic rings. The second-order valence-electron chi connectivity index (χ2n) is 4.57. The number of aromatic carboxylic acids is 1. The highest BCUT2D eigenvalue weighted by Gasteiger charge is 2.16. The van der Waals surface area contributed by atoms with E-state index >= 15 is 0 Å². The summed E-state index contributed by atoms with van der Waals surface area (Å²) in [6, 6.07) is 9.87. The molecule has 1 heterocycles. The largest absolute Gasteiger partial charge is 0.475 e. The number of benzene rings is 1. The zero-order chi connectivity index (χ0) is 14.0. The lowest BCUT2D eigenvalue weighted by Gasteiger charge is -2.05. The van der Waals surface area contributed by atoms with Gasteiger partial charge in [0.2, 0.25) is 11.5 Å². The maximum atomic E-state index is 12.1. The molecular weight excluding hydrogens is 244 g/mol. The second kappa shape index (κ2) is 5.10. The van der Waals surface area contributed by atoms with Gasteiger partial charge >= 0.3 is 5.97 Å². The first kappa shape index (κ1) is 13.1. The van der Waals surface area contributed by atoms with Gasteiger partial charge < -0.3 is 9.52 Å². The van der Waals surface area contributed by atoms with E-state index in [0.29, 0.717) is 11.5 Å². The van der Waals surface area contributed by atoms with E-state index in [2.05, 4.69) is 13.8 Å². The summed E-state index contributed by atoms with van der Waals surface area (Å²) in [6.45, 7) is 4.14. The fraction of sp³-hybridized carbons (Fsp3) is 0.200. The Labute approximate surface area is 110 Å². The fourth-order valence-corrected chi connectivity index (χ4v) is 1.74. The third kappa shape index (κ3) is 2.73. The quantitative estimate of drug-likeness (QED) is 0.854. The number of hydrogen-bond donors (Lipinski definition) is 1. The Morgan fingerprint density at radius 1 is 1.00 bits per heavy atom. The molecule has 0 amide bonds. The Kier molecular flexibility index (Phi) is 3.51. The number of carbonyl (C=O) groups excluding carboxylic acids is 1. The minimum absolute atomic E-state index is 0.0368. The van der Waals surface area contributed by atoms with Crippen molar-refractivity contribution in [3.63, 3.8) is 0 Å². The molecule has 98 valence electrons. The third-order valence-corrected chi connectivity index (χ3v) is 2.88. The second-order valence-corrected chi connectivity index (χ2v) is 4.57. The molecule has 1 N–H and O–H groups in total. The first-order valence-electron chi connectivity index (χ1n) is 5.97. The van der Waals surface area contributed by atoms with Gasteiger partial charge in [0.05, 0.1) is 0 Å². The van der Waals surface area contributed by atoms with Crippen molar-refractivity contribution in [1.82, 2.24) is 0 Å². The van der Waals surface area contributed by atoms with Gasteiger partial charge in [-0.1, -0.05) is 38.1 Å². The molecule has 0 radical (unpaired) electrons. The van der Waals surface area contributed by atoms with Gasteiger partial charge in [-0.05, 0) is 23.6 Å². The Bertz CT molecular complexity index is 605. The van der Waals surface area contributed by atoms with Crippen molar-refractivity contribution >= 4 is 11.8 Å². The summed E-state index contributed by atoms with van der Waals surface area (Å²) >= 11 is 0. The smallest absolute Gasteiger partial charge is 0.371 e. The topological polar surface area (TPSA) is 67.5 Å². The minimum atomic E-state index is -1.19. The summed E-state index contributed by atoms with van der Waals surface area (Å²) in [5.41, 5.74) is 1.62. The van der Waals surface area contributed by atoms with Gasteiger partial charge in [-0.25, -0.2) is 4.79 Å². The van der Waals surface area contributed by atoms with Crippen molar-refractivity contribution in [1.29, 1.82) is 0 Å². The molecule has 1 aromatic heterocycles. The van der Waals surface area contributed by atoms with E-state index in [1.165, 1.54) is 12.1 Å². The first-order valence-corrected chi connectivity index (χ1v) is 5.97. The average molecular weight is 258 g/mol. The van der Waals surface area contributed by atoms with Crippen LogP contribution >= 0.6 is 0 Å². The van der Waals surface area contributed by atoms with Crippen molar-refractivity contribution in [2.75, 3.05) is 0 Å². The van der Waals surface area contributed by atoms with Crippen LogP contribution in [0.3, 0.4) is 0 Å². The number of carboxylic acids is 1. The zero-order valence-electron chi connectivity index (χ0n) is 10.7. The Morgan fingerprint density at radius 2 is 1.58 bits per heavy atom. The molecule has 0 aliphatic carbocycles. The van der Waals surface area contributed by atoms with Gasteiger partial charge in [0.15, 0.2) is 5.76 Å². The lowest BCUT2D eigenvalue weighted by atomic mass is 10.00. The van der Waals surface area contributed by atoms with Gasteiger partial charge in [0.1, 0.15) is 0 Å². The zero-order valence-corrected chi connectivity index (χ0v) is 10.7. The lowest BCUT2D eigenvalue weighted by Crippen LogP contribution is -2.00. The Hall–Kier alpha value is -2.36. The molecule has 0 bridgehead atoms. The van der Waals surface area contributed by atoms with Crippen molar-refractivity contribution in [3.05, 3.63) is 59.0 Å². The van der Waals surface area contributed by atoms with Crippen LogP contribution in [0.4, 0.5) is 0 Å². The number of hydrogen-bond acceptors (Lipinski definition) is 3. The van der Waals surface area contributed by atoms with Crippen LogP contribution in [0, 0.1) is 0 Å². The summed E-state index contributed by atoms with van der Waals surface area (Å²) < 4.78 is 4.99. The van der Waals surface area contributed by atoms with E-state index in [0.717, 1.165) is 5.56 Å². The summed E-state index contributed by atoms with van der Waals surface area (Å²) in [5, 5.41) is 8.74. The van der Waals surface area contributed by atoms with E-state index < -0.39 is 5.97 Å². The number of rotatable bonds is 4. The lowest BCUT2D eigenvalue weighted by molar-refractivity contribution is 0.0660. The molecular formula is C15H14O4. The molecule has 1 aromatic carbocycles. The molecule has 0 spiro atoms. The van der Waals surface area contributed by atoms with E-state index in [1.807, 2.05) is 12.1 Å². The highest BCUT2D eigenvalue weighted by atomic mass is 16.4. The van der Waals surface area contributed by atoms with Crippen LogP contribution in [0.15, 0.2) is 40.8 Å². The molecule has 0 fully saturated rings. The maximum absolute atomic E-state index is 12.1. The molecule has 0 atom stereocenters. The normalized spacial score (nSPS) is 10.7. The van der Waals surface area contributed by atoms with Crippen molar-refractivity contribution < 1.29 is 19.1 Å². The summed E-state index contributed by atoms with van der Waals surface area (Å²) in [4.78, 5) is 22.8. The van der Waals surface area contributed by atoms with E-state index in [4.69, 9.17) is 9.52 Å². The molecule has 4 heteroatoms. The van der Waals surface area contributed by atoms with Crippen molar-refractivity contribution in [2.45, 2.75) is 19.8 Å². The fourth-order valence-electron chi connectivity index (χ4n) is 1.74. The van der Waals surface area contributed by atoms with Crippen LogP contribution in [0.25, 0.3) is 0 Å². The third-order valence-electron chi connectivity index (χ3n) is 2.88. The Morgan fingerprint density at radius 3 is 2.05 bits per heavy atom. The molecule has 0 saturated heterocycles. The predicted molar refractivity (Wildman–Crippen MR) is 69.6 cm³/mol. The highest BCUT2D eigenvalue weighted by Crippen LogP contribution is 2.18. The standard InChI is InChI=1S/C15H14O4/c1-9(2)10-3-5-11(6-4-10)14(16)12-7-8-13(19-12)15(17)18/h3-9H,1-2H3,(H,17,18). The van der Waals surface area contributed by atoms with Crippen molar-refractivity contribution in [2.24, 2.45) is 0 Å². The maximum Gasteiger partial charge on any atom is 0.371 e. The minimum Gasteiger partial charge on any atom is -0.475 e. The first-order chi connectivity index (χ1) is 8.99. The highest BCUT2D eigenvalue weighted by molar-refractivity contribution is 6.07. The summed E-state index contributed by atoms with van der Waals surface area (Å²) in [7, 11) is 0. The van der Waals surface area contributed by atoms with Gasteiger partial charge in [-0.2, -0.15) is 0 Å². The molecule has 19 heavy (non-hydrogen) atoms. The van der Waals surface area contributed by atoms with Crippen LogP contribution in [-0.4, -0.2) is 16.9 Å². The van der Waals surface area contributed by atoms with E-state index in [1.54, 1.807) is 12.1 Å². The van der Waals surface area contributed by atoms with Crippen LogP contribution in [0.5, 0.6) is 0 Å². The molecule has 2 rings (SSSR count). The van der Waals surface area contributed by atoms with Crippen LogP contribution in [0.2, 0.25) is 0 Å². The molecule has 0 unspecified atom stereocenters. The molecule has 4 nitrogen and oxygen atoms in total. The van der Waals surface area contributed by atoms with E-state index in [9.17, 15) is 9.59 Å². The summed E-state index contributed by atoms with van der Waals surface area (Å²) in [6.07, 6.45) is 0. The van der Waals surface area contributed by atoms with E-state index in [-0.39, 0.29) is 17.3 Å².